The van der Waals surface area contributed by atoms with E-state index in [1.165, 1.54) is 18.4 Å². The Balaban J connectivity index is 0.631. The number of carbonyl (C=O) groups excluding carboxylic acids is 3. The first-order valence-electron chi connectivity index (χ1n) is 26.3. The van der Waals surface area contributed by atoms with E-state index < -0.39 is 12.1 Å². The minimum atomic E-state index is -0.620. The summed E-state index contributed by atoms with van der Waals surface area (Å²) in [6, 6.07) is 16.5. The van der Waals surface area contributed by atoms with Gasteiger partial charge in [-0.1, -0.05) is 30.2 Å². The highest BCUT2D eigenvalue weighted by atomic mass is 16.3. The number of piperazine rings is 1. The van der Waals surface area contributed by atoms with E-state index in [-0.39, 0.29) is 41.3 Å². The van der Waals surface area contributed by atoms with E-state index in [9.17, 15) is 19.5 Å². The molecular formula is C55H68N12O4. The number of carbonyl (C=O) groups is 3. The van der Waals surface area contributed by atoms with E-state index in [0.29, 0.717) is 48.1 Å². The Kier molecular flexibility index (Phi) is 13.5. The Morgan fingerprint density at radius 2 is 1.62 bits per heavy atom. The van der Waals surface area contributed by atoms with Gasteiger partial charge in [0, 0.05) is 74.7 Å². The van der Waals surface area contributed by atoms with Crippen molar-refractivity contribution in [3.8, 4) is 29.4 Å². The van der Waals surface area contributed by atoms with Crippen LogP contribution >= 0.6 is 0 Å². The van der Waals surface area contributed by atoms with Crippen LogP contribution in [0.5, 0.6) is 5.75 Å². The van der Waals surface area contributed by atoms with E-state index in [0.717, 1.165) is 139 Å². The first-order chi connectivity index (χ1) is 34.7. The molecule has 2 aromatic heterocycles. The number of nitrogens with zero attached hydrogens (tertiary/aromatic N) is 8. The standard InChI is InChI=1S/C55H68N12O4/c1-2-36-9-11-37(12-10-36)31-58-52(70)46-7-5-23-67(46)53(71)49(39-15-21-56-22-16-39)61-51(69)40-13-19-55(20-14-40)29-42(30-55)64-24-17-38(18-25-64)41-32-59-54(60-33-41)65-26-27-66-43(35-65)34-57-50-47(66)28-45(62-63-50)44-6-3-4-8-48(44)68/h1,3-4,6,8-12,28,32-33,38-40,42-43,46,49,56,68H,5,7,13-27,29-31,34-35H2,(H,57,63)(H,58,70)(H,61,69)/t40?,42?,43-,46-,49-,55?/m0/s1. The summed E-state index contributed by atoms with van der Waals surface area (Å²) in [5, 5.41) is 32.5. The van der Waals surface area contributed by atoms with Crippen LogP contribution in [0, 0.1) is 29.6 Å². The zero-order valence-electron chi connectivity index (χ0n) is 40.8. The van der Waals surface area contributed by atoms with Gasteiger partial charge in [-0.05, 0) is 162 Å². The summed E-state index contributed by atoms with van der Waals surface area (Å²) in [6.45, 7) is 7.84. The Morgan fingerprint density at radius 1 is 0.859 bits per heavy atom. The molecule has 71 heavy (non-hydrogen) atoms. The van der Waals surface area contributed by atoms with Crippen LogP contribution < -0.4 is 31.1 Å². The zero-order chi connectivity index (χ0) is 48.5. The highest BCUT2D eigenvalue weighted by Crippen LogP contribution is 2.55. The Hall–Kier alpha value is -6.31. The van der Waals surface area contributed by atoms with Gasteiger partial charge in [-0.25, -0.2) is 9.97 Å². The molecule has 0 bridgehead atoms. The number of fused-ring (bicyclic) bond motifs is 3. The lowest BCUT2D eigenvalue weighted by molar-refractivity contribution is -0.144. The maximum atomic E-state index is 14.4. The first kappa shape index (κ1) is 47.0. The average Bonchev–Trinajstić information content (AvgIpc) is 3.92. The summed E-state index contributed by atoms with van der Waals surface area (Å²) in [5.41, 5.74) is 5.62. The highest BCUT2D eigenvalue weighted by Gasteiger charge is 2.50. The molecule has 16 heteroatoms. The molecule has 2 aromatic carbocycles. The quantitative estimate of drug-likeness (QED) is 0.126. The molecule has 7 aliphatic rings. The lowest BCUT2D eigenvalue weighted by Crippen LogP contribution is -2.58. The summed E-state index contributed by atoms with van der Waals surface area (Å²) in [6.07, 6.45) is 21.1. The molecule has 3 amide bonds. The van der Waals surface area contributed by atoms with Crippen molar-refractivity contribution in [1.29, 1.82) is 0 Å². The first-order valence-corrected chi connectivity index (χ1v) is 26.3. The number of para-hydroxylation sites is 1. The molecule has 4 saturated heterocycles. The number of rotatable bonds is 11. The number of phenols is 1. The summed E-state index contributed by atoms with van der Waals surface area (Å²) in [4.78, 5) is 61.0. The number of hydrogen-bond donors (Lipinski definition) is 5. The van der Waals surface area contributed by atoms with E-state index in [1.807, 2.05) is 48.5 Å². The van der Waals surface area contributed by atoms with Gasteiger partial charge >= 0.3 is 0 Å². The fourth-order valence-electron chi connectivity index (χ4n) is 13.0. The van der Waals surface area contributed by atoms with Crippen molar-refractivity contribution in [2.45, 2.75) is 114 Å². The third-order valence-electron chi connectivity index (χ3n) is 17.3. The van der Waals surface area contributed by atoms with E-state index in [1.54, 1.807) is 11.0 Å². The predicted molar refractivity (Wildman–Crippen MR) is 272 cm³/mol. The van der Waals surface area contributed by atoms with E-state index in [2.05, 4.69) is 64.5 Å². The number of hydrogen-bond acceptors (Lipinski definition) is 13. The van der Waals surface area contributed by atoms with Crippen molar-refractivity contribution in [3.63, 3.8) is 0 Å². The smallest absolute Gasteiger partial charge is 0.246 e. The van der Waals surface area contributed by atoms with Crippen LogP contribution in [0.3, 0.4) is 0 Å². The number of aromatic hydroxyl groups is 1. The van der Waals surface area contributed by atoms with Crippen LogP contribution in [-0.2, 0) is 20.9 Å². The van der Waals surface area contributed by atoms with E-state index in [4.69, 9.17) is 16.4 Å². The van der Waals surface area contributed by atoms with Gasteiger partial charge in [-0.2, -0.15) is 0 Å². The fourth-order valence-corrected chi connectivity index (χ4v) is 13.0. The average molecular weight is 961 g/mol. The molecule has 0 radical (unpaired) electrons. The van der Waals surface area contributed by atoms with Crippen molar-refractivity contribution >= 4 is 35.2 Å². The van der Waals surface area contributed by atoms with Gasteiger partial charge in [-0.3, -0.25) is 14.4 Å². The van der Waals surface area contributed by atoms with Gasteiger partial charge in [0.15, 0.2) is 5.82 Å². The SMILES string of the molecule is C#Cc1ccc(CNC(=O)[C@@H]2CCCN2C(=O)[C@@H](NC(=O)C2CCC3(CC2)CC(N2CCC(c4cnc(N5CCN6c7cc(-c8ccccc8O)nnc7NC[C@H]6C5)nc4)CC2)C3)C2CCNCC2)cc1. The van der Waals surface area contributed by atoms with Crippen molar-refractivity contribution in [2.24, 2.45) is 17.3 Å². The second-order valence-electron chi connectivity index (χ2n) is 21.4. The summed E-state index contributed by atoms with van der Waals surface area (Å²) >= 11 is 0. The number of terminal acetylenes is 1. The van der Waals surface area contributed by atoms with Gasteiger partial charge in [0.05, 0.1) is 17.4 Å². The van der Waals surface area contributed by atoms with Crippen molar-refractivity contribution < 1.29 is 19.5 Å². The topological polar surface area (TPSA) is 184 Å². The maximum Gasteiger partial charge on any atom is 0.246 e. The Labute approximate surface area is 417 Å². The largest absolute Gasteiger partial charge is 0.507 e. The van der Waals surface area contributed by atoms with Gasteiger partial charge in [-0.15, -0.1) is 16.6 Å². The molecule has 5 aliphatic heterocycles. The number of amides is 3. The number of piperidine rings is 2. The molecule has 5 N–H and O–H groups in total. The number of benzene rings is 2. The number of likely N-dealkylation sites (tertiary alicyclic amines) is 2. The van der Waals surface area contributed by atoms with Gasteiger partial charge in [0.25, 0.3) is 0 Å². The number of aromatic nitrogens is 4. The molecule has 3 atom stereocenters. The van der Waals surface area contributed by atoms with Gasteiger partial charge < -0.3 is 46.0 Å². The highest BCUT2D eigenvalue weighted by molar-refractivity contribution is 5.93. The van der Waals surface area contributed by atoms with Crippen molar-refractivity contribution in [2.75, 3.05) is 74.0 Å². The van der Waals surface area contributed by atoms with Crippen molar-refractivity contribution in [1.82, 2.24) is 45.9 Å². The minimum Gasteiger partial charge on any atom is -0.507 e. The molecule has 372 valence electrons. The van der Waals surface area contributed by atoms with Crippen LogP contribution in [0.1, 0.15) is 99.7 Å². The molecule has 1 spiro atoms. The molecule has 16 nitrogen and oxygen atoms in total. The van der Waals surface area contributed by atoms with Gasteiger partial charge in [0.2, 0.25) is 23.7 Å². The second kappa shape index (κ2) is 20.4. The second-order valence-corrected chi connectivity index (χ2v) is 21.4. The molecule has 2 saturated carbocycles. The van der Waals surface area contributed by atoms with E-state index >= 15 is 0 Å². The number of anilines is 3. The van der Waals surface area contributed by atoms with Gasteiger partial charge in [0.1, 0.15) is 17.8 Å². The molecular weight excluding hydrogens is 893 g/mol. The predicted octanol–water partition coefficient (Wildman–Crippen LogP) is 5.05. The minimum absolute atomic E-state index is 0.00855. The third-order valence-corrected chi connectivity index (χ3v) is 17.3. The monoisotopic (exact) mass is 961 g/mol. The van der Waals surface area contributed by atoms with Crippen molar-refractivity contribution in [3.05, 3.63) is 83.7 Å². The van der Waals surface area contributed by atoms with Crippen LogP contribution in [0.25, 0.3) is 11.3 Å². The molecule has 6 fully saturated rings. The third kappa shape index (κ3) is 9.87. The molecule has 7 heterocycles. The summed E-state index contributed by atoms with van der Waals surface area (Å²) in [5.74, 6) is 4.51. The number of nitrogens with one attached hydrogen (secondary N) is 4. The molecule has 4 aromatic rings. The number of phenolic OH excluding ortho intramolecular Hbond substituents is 1. The normalized spacial score (nSPS) is 26.3. The Bertz CT molecular complexity index is 2590. The van der Waals surface area contributed by atoms with Crippen LogP contribution in [-0.4, -0.2) is 136 Å². The molecule has 0 unspecified atom stereocenters. The Morgan fingerprint density at radius 3 is 2.37 bits per heavy atom. The lowest BCUT2D eigenvalue weighted by Gasteiger charge is -2.55. The zero-order valence-corrected chi connectivity index (χ0v) is 40.8. The summed E-state index contributed by atoms with van der Waals surface area (Å²) < 4.78 is 0. The fraction of sp³-hybridized carbons (Fsp3) is 0.545. The summed E-state index contributed by atoms with van der Waals surface area (Å²) in [7, 11) is 0. The maximum absolute atomic E-state index is 14.4. The molecule has 2 aliphatic carbocycles. The van der Waals surface area contributed by atoms with Crippen LogP contribution in [0.2, 0.25) is 0 Å². The lowest BCUT2D eigenvalue weighted by atomic mass is 9.56. The van der Waals surface area contributed by atoms with Crippen LogP contribution in [0.15, 0.2) is 67.0 Å². The van der Waals surface area contributed by atoms with Crippen LogP contribution in [0.4, 0.5) is 17.5 Å². The molecule has 11 rings (SSSR count).